The highest BCUT2D eigenvalue weighted by Gasteiger charge is 2.48. The molecular weight excluding hydrogens is 378 g/mol. The van der Waals surface area contributed by atoms with Crippen molar-refractivity contribution in [1.82, 2.24) is 15.0 Å². The number of hydrogen-bond acceptors (Lipinski definition) is 7. The number of aromatic amines is 1. The fourth-order valence-electron chi connectivity index (χ4n) is 3.61. The molecular formula is C17H18ClN3O4S. The van der Waals surface area contributed by atoms with E-state index in [-0.39, 0.29) is 24.9 Å². The van der Waals surface area contributed by atoms with Crippen LogP contribution in [0.15, 0.2) is 12.1 Å². The van der Waals surface area contributed by atoms with Crippen LogP contribution < -0.4 is 4.74 Å². The average molecular weight is 396 g/mol. The largest absolute Gasteiger partial charge is 0.456 e. The van der Waals surface area contributed by atoms with Crippen LogP contribution >= 0.6 is 23.4 Å². The number of imidazole rings is 1. The first-order valence-electron chi connectivity index (χ1n) is 8.60. The van der Waals surface area contributed by atoms with E-state index in [1.807, 2.05) is 17.8 Å². The van der Waals surface area contributed by atoms with Gasteiger partial charge in [-0.3, -0.25) is 0 Å². The molecule has 26 heavy (non-hydrogen) atoms. The Bertz CT molecular complexity index is 873. The fraction of sp³-hybridized carbons (Fsp3) is 0.529. The van der Waals surface area contributed by atoms with Crippen molar-refractivity contribution in [2.24, 2.45) is 0 Å². The van der Waals surface area contributed by atoms with Gasteiger partial charge in [-0.05, 0) is 23.8 Å². The van der Waals surface area contributed by atoms with Crippen molar-refractivity contribution < 1.29 is 19.3 Å². The second-order valence-corrected chi connectivity index (χ2v) is 8.16. The highest BCUT2D eigenvalue weighted by Crippen LogP contribution is 2.33. The van der Waals surface area contributed by atoms with E-state index in [9.17, 15) is 5.11 Å². The van der Waals surface area contributed by atoms with Gasteiger partial charge in [-0.25, -0.2) is 4.98 Å². The molecule has 9 heteroatoms. The summed E-state index contributed by atoms with van der Waals surface area (Å²) in [5.74, 6) is 2.06. The summed E-state index contributed by atoms with van der Waals surface area (Å²) in [7, 11) is 0. The number of H-pyrrole nitrogens is 1. The Labute approximate surface area is 159 Å². The Morgan fingerprint density at radius 1 is 1.27 bits per heavy atom. The number of aromatic nitrogens is 3. The number of aliphatic hydroxyl groups is 1. The number of hydrogen-bond donors (Lipinski definition) is 2. The zero-order valence-corrected chi connectivity index (χ0v) is 15.4. The number of nitrogens with one attached hydrogen (secondary N) is 1. The van der Waals surface area contributed by atoms with Crippen LogP contribution in [0.5, 0.6) is 6.01 Å². The molecule has 0 radical (unpaired) electrons. The number of thioether (sulfide) groups is 1. The summed E-state index contributed by atoms with van der Waals surface area (Å²) in [6.45, 7) is 0.622. The van der Waals surface area contributed by atoms with Gasteiger partial charge in [0.2, 0.25) is 0 Å². The standard InChI is InChI=1S/C17H18ClN3O4S/c18-9-5-10-16(20-13(9)8-1-3-26-4-2-8)21-17(19-10)25-12-7-24-14-11(22)6-23-15(12)14/h1,5,11-12,14-15,22H,2-4,6-7H2,(H,19,20,21). The topological polar surface area (TPSA) is 89.5 Å². The Morgan fingerprint density at radius 3 is 3.00 bits per heavy atom. The Hall–Kier alpha value is -1.32. The third-order valence-electron chi connectivity index (χ3n) is 4.92. The van der Waals surface area contributed by atoms with Crippen LogP contribution in [0.3, 0.4) is 0 Å². The first-order chi connectivity index (χ1) is 12.7. The average Bonchev–Trinajstić information content (AvgIpc) is 3.32. The van der Waals surface area contributed by atoms with E-state index < -0.39 is 6.10 Å². The second-order valence-electron chi connectivity index (χ2n) is 6.61. The third kappa shape index (κ3) is 2.90. The lowest BCUT2D eigenvalue weighted by Gasteiger charge is -2.15. The molecule has 2 fully saturated rings. The van der Waals surface area contributed by atoms with E-state index in [0.717, 1.165) is 29.1 Å². The zero-order chi connectivity index (χ0) is 17.7. The molecule has 4 unspecified atom stereocenters. The Balaban J connectivity index is 1.41. The molecule has 0 spiro atoms. The maximum Gasteiger partial charge on any atom is 0.296 e. The van der Waals surface area contributed by atoms with Crippen molar-refractivity contribution >= 4 is 40.1 Å². The van der Waals surface area contributed by atoms with Crippen LogP contribution in [0.1, 0.15) is 12.1 Å². The SMILES string of the molecule is OC1COC2C(Oc3nc4nc(C5=CCSCC5)c(Cl)cc4[nH]3)COC12. The van der Waals surface area contributed by atoms with Crippen molar-refractivity contribution in [1.29, 1.82) is 0 Å². The number of halogens is 1. The van der Waals surface area contributed by atoms with Gasteiger partial charge in [0.05, 0.1) is 29.4 Å². The number of allylic oxidation sites excluding steroid dienone is 1. The van der Waals surface area contributed by atoms with E-state index in [2.05, 4.69) is 21.0 Å². The van der Waals surface area contributed by atoms with Gasteiger partial charge in [0, 0.05) is 5.75 Å². The van der Waals surface area contributed by atoms with Crippen LogP contribution in [0.4, 0.5) is 0 Å². The summed E-state index contributed by atoms with van der Waals surface area (Å²) in [6.07, 6.45) is 1.60. The second kappa shape index (κ2) is 6.69. The quantitative estimate of drug-likeness (QED) is 0.821. The molecule has 5 rings (SSSR count). The minimum atomic E-state index is -0.603. The van der Waals surface area contributed by atoms with Gasteiger partial charge in [-0.2, -0.15) is 16.7 Å². The third-order valence-corrected chi connectivity index (χ3v) is 6.10. The van der Waals surface area contributed by atoms with Crippen molar-refractivity contribution in [3.8, 4) is 6.01 Å². The molecule has 0 aromatic carbocycles. The van der Waals surface area contributed by atoms with E-state index >= 15 is 0 Å². The van der Waals surface area contributed by atoms with Gasteiger partial charge < -0.3 is 24.3 Å². The van der Waals surface area contributed by atoms with Crippen molar-refractivity contribution in [3.63, 3.8) is 0 Å². The normalized spacial score (nSPS) is 31.2. The highest BCUT2D eigenvalue weighted by atomic mass is 35.5. The smallest absolute Gasteiger partial charge is 0.296 e. The van der Waals surface area contributed by atoms with Crippen LogP contribution in [0, 0.1) is 0 Å². The number of nitrogens with zero attached hydrogens (tertiary/aromatic N) is 2. The molecule has 0 aliphatic carbocycles. The molecule has 2 aromatic rings. The molecule has 3 aliphatic heterocycles. The minimum absolute atomic E-state index is 0.267. The van der Waals surface area contributed by atoms with Gasteiger partial charge in [0.25, 0.3) is 6.01 Å². The maximum absolute atomic E-state index is 9.82. The highest BCUT2D eigenvalue weighted by molar-refractivity contribution is 7.99. The number of pyridine rings is 1. The van der Waals surface area contributed by atoms with Crippen LogP contribution in [-0.2, 0) is 9.47 Å². The summed E-state index contributed by atoms with van der Waals surface area (Å²) in [5, 5.41) is 10.4. The number of aliphatic hydroxyl groups excluding tert-OH is 1. The molecule has 3 aliphatic rings. The Kier molecular flexibility index (Phi) is 4.33. The van der Waals surface area contributed by atoms with E-state index in [0.29, 0.717) is 23.3 Å². The zero-order valence-electron chi connectivity index (χ0n) is 13.9. The molecule has 2 aromatic heterocycles. The summed E-state index contributed by atoms with van der Waals surface area (Å²) in [4.78, 5) is 12.2. The van der Waals surface area contributed by atoms with Crippen molar-refractivity contribution in [2.75, 3.05) is 24.7 Å². The van der Waals surface area contributed by atoms with E-state index in [1.165, 1.54) is 5.57 Å². The first-order valence-corrected chi connectivity index (χ1v) is 10.1. The summed E-state index contributed by atoms with van der Waals surface area (Å²) < 4.78 is 17.1. The lowest BCUT2D eigenvalue weighted by molar-refractivity contribution is 0.00706. The van der Waals surface area contributed by atoms with Gasteiger partial charge in [0.15, 0.2) is 11.8 Å². The molecule has 5 heterocycles. The predicted octanol–water partition coefficient (Wildman–Crippen LogP) is 2.04. The minimum Gasteiger partial charge on any atom is -0.456 e. The molecule has 7 nitrogen and oxygen atoms in total. The van der Waals surface area contributed by atoms with Crippen molar-refractivity contribution in [2.45, 2.75) is 30.8 Å². The first kappa shape index (κ1) is 16.8. The van der Waals surface area contributed by atoms with E-state index in [4.69, 9.17) is 25.8 Å². The lowest BCUT2D eigenvalue weighted by Crippen LogP contribution is -2.34. The molecule has 0 saturated carbocycles. The molecule has 2 N–H and O–H groups in total. The van der Waals surface area contributed by atoms with Crippen LogP contribution in [-0.4, -0.2) is 69.2 Å². The van der Waals surface area contributed by atoms with Gasteiger partial charge in [-0.15, -0.1) is 0 Å². The molecule has 4 atom stereocenters. The fourth-order valence-corrected chi connectivity index (χ4v) is 4.73. The summed E-state index contributed by atoms with van der Waals surface area (Å²) >= 11 is 8.34. The van der Waals surface area contributed by atoms with Crippen molar-refractivity contribution in [3.05, 3.63) is 22.9 Å². The monoisotopic (exact) mass is 395 g/mol. The van der Waals surface area contributed by atoms with Crippen LogP contribution in [0.25, 0.3) is 16.7 Å². The predicted molar refractivity (Wildman–Crippen MR) is 98.7 cm³/mol. The summed E-state index contributed by atoms with van der Waals surface area (Å²) in [6, 6.07) is 2.19. The van der Waals surface area contributed by atoms with Crippen LogP contribution in [0.2, 0.25) is 5.02 Å². The number of fused-ring (bicyclic) bond motifs is 2. The van der Waals surface area contributed by atoms with Gasteiger partial charge >= 0.3 is 0 Å². The Morgan fingerprint density at radius 2 is 2.15 bits per heavy atom. The van der Waals surface area contributed by atoms with Gasteiger partial charge in [-0.1, -0.05) is 17.7 Å². The number of ether oxygens (including phenoxy) is 3. The lowest BCUT2D eigenvalue weighted by atomic mass is 10.1. The molecule has 0 amide bonds. The molecule has 138 valence electrons. The summed E-state index contributed by atoms with van der Waals surface area (Å²) in [5.41, 5.74) is 3.26. The molecule has 2 saturated heterocycles. The van der Waals surface area contributed by atoms with Gasteiger partial charge in [0.1, 0.15) is 18.3 Å². The number of rotatable bonds is 3. The van der Waals surface area contributed by atoms with E-state index in [1.54, 1.807) is 0 Å². The maximum atomic E-state index is 9.82. The molecule has 0 bridgehead atoms.